The minimum atomic E-state index is -4.67. The summed E-state index contributed by atoms with van der Waals surface area (Å²) in [5.74, 6) is 0. The van der Waals surface area contributed by atoms with Crippen LogP contribution in [0.4, 0.5) is 0 Å². The normalized spacial score (nSPS) is 9.20. The zero-order valence-electron chi connectivity index (χ0n) is 10.9. The van der Waals surface area contributed by atoms with Gasteiger partial charge in [-0.3, -0.25) is 9.11 Å². The van der Waals surface area contributed by atoms with Gasteiger partial charge in [0.05, 0.1) is 0 Å². The summed E-state index contributed by atoms with van der Waals surface area (Å²) in [5.41, 5.74) is 0. The van der Waals surface area contributed by atoms with E-state index in [1.54, 1.807) is 0 Å². The molecule has 0 aliphatic heterocycles. The summed E-state index contributed by atoms with van der Waals surface area (Å²) in [6.45, 7) is 6.12. The molecule has 0 bridgehead atoms. The number of hydrogen-bond acceptors (Lipinski definition) is 2. The van der Waals surface area contributed by atoms with Gasteiger partial charge in [-0.1, -0.05) is 78.1 Å². The summed E-state index contributed by atoms with van der Waals surface area (Å²) in [7, 11) is -4.67. The van der Waals surface area contributed by atoms with Crippen LogP contribution in [-0.2, 0) is 10.4 Å². The zero-order chi connectivity index (χ0) is 13.6. The molecule has 0 saturated carbocycles. The van der Waals surface area contributed by atoms with Gasteiger partial charge in [-0.25, -0.2) is 0 Å². The predicted octanol–water partition coefficient (Wildman–Crippen LogP) is 1.88. The van der Waals surface area contributed by atoms with Crippen molar-refractivity contribution in [3.63, 3.8) is 0 Å². The Morgan fingerprint density at radius 3 is 1.30 bits per heavy atom. The fourth-order valence-electron chi connectivity index (χ4n) is 1.49. The van der Waals surface area contributed by atoms with Crippen molar-refractivity contribution in [3.8, 4) is 0 Å². The summed E-state index contributed by atoms with van der Waals surface area (Å²) in [6.07, 6.45) is 13.9. The fraction of sp³-hybridized carbons (Fsp3) is 0.917. The molecule has 0 aliphatic rings. The molecule has 0 heterocycles. The van der Waals surface area contributed by atoms with Crippen LogP contribution in [0.3, 0.4) is 0 Å². The second-order valence-electron chi connectivity index (χ2n) is 4.13. The van der Waals surface area contributed by atoms with Crippen LogP contribution in [0.2, 0.25) is 0 Å². The molecule has 0 aromatic rings. The Kier molecular flexibility index (Phi) is 45.2. The molecule has 0 atom stereocenters. The number of hydrogen-bond donors (Lipinski definition) is 2. The first-order chi connectivity index (χ1) is 7.91. The average molecular weight is 342 g/mol. The summed E-state index contributed by atoms with van der Waals surface area (Å²) >= 11 is 0. The molecule has 2 N–H and O–H groups in total. The summed E-state index contributed by atoms with van der Waals surface area (Å²) < 4.78 is 31.6. The Balaban J connectivity index is -0.0000000821. The van der Waals surface area contributed by atoms with Crippen molar-refractivity contribution in [1.29, 1.82) is 0 Å². The van der Waals surface area contributed by atoms with Crippen molar-refractivity contribution in [2.45, 2.75) is 71.1 Å². The fourth-order valence-corrected chi connectivity index (χ4v) is 1.49. The van der Waals surface area contributed by atoms with Crippen LogP contribution in [0, 0.1) is 6.92 Å². The van der Waals surface area contributed by atoms with Gasteiger partial charge in [0.15, 0.2) is 0 Å². The van der Waals surface area contributed by atoms with Crippen LogP contribution in [0.1, 0.15) is 71.1 Å². The third-order valence-electron chi connectivity index (χ3n) is 2.35. The van der Waals surface area contributed by atoms with Gasteiger partial charge in [-0.2, -0.15) is 8.42 Å². The van der Waals surface area contributed by atoms with Gasteiger partial charge in [0.25, 0.3) is 0 Å². The van der Waals surface area contributed by atoms with E-state index in [0.717, 1.165) is 6.42 Å². The van der Waals surface area contributed by atoms with Gasteiger partial charge in [0.2, 0.25) is 0 Å². The van der Waals surface area contributed by atoms with Gasteiger partial charge in [-0.05, 0) is 0 Å². The molecule has 0 aliphatic carbocycles. The van der Waals surface area contributed by atoms with E-state index in [1.807, 2.05) is 0 Å². The van der Waals surface area contributed by atoms with E-state index >= 15 is 0 Å². The van der Waals surface area contributed by atoms with Gasteiger partial charge in [0.1, 0.15) is 0 Å². The molecular weight excluding hydrogens is 310 g/mol. The standard InChI is InChI=1S/C12H25.Mg.2Na.H2O4S.4H/c1-3-5-7-9-11-12-10-8-6-4-2;;;;1-5(2,3)4;;;;/h1,3-12H2,2H3;;;;(H2,1,2,3,4);;;;. The van der Waals surface area contributed by atoms with Crippen LogP contribution in [0.5, 0.6) is 0 Å². The average Bonchev–Trinajstić information content (AvgIpc) is 2.20. The third kappa shape index (κ3) is 58.8. The van der Waals surface area contributed by atoms with Crippen molar-refractivity contribution >= 4 is 92.6 Å². The molecule has 4 nitrogen and oxygen atoms in total. The SMILES string of the molecule is O=S(=O)(O)O.[CH2]CCCCCCCCCCC.[MgH2].[NaH].[NaH]. The van der Waals surface area contributed by atoms with Crippen LogP contribution >= 0.6 is 0 Å². The molecule has 20 heavy (non-hydrogen) atoms. The molecule has 0 spiro atoms. The van der Waals surface area contributed by atoms with Crippen LogP contribution in [-0.4, -0.2) is 99.7 Å². The quantitative estimate of drug-likeness (QED) is 0.381. The van der Waals surface area contributed by atoms with E-state index in [1.165, 1.54) is 57.8 Å². The molecular formula is C12H31MgNa2O4S. The Bertz CT molecular complexity index is 222. The number of unbranched alkanes of at least 4 members (excludes halogenated alkanes) is 9. The van der Waals surface area contributed by atoms with Crippen LogP contribution < -0.4 is 0 Å². The zero-order valence-corrected chi connectivity index (χ0v) is 11.7. The van der Waals surface area contributed by atoms with Crippen molar-refractivity contribution in [2.24, 2.45) is 0 Å². The van der Waals surface area contributed by atoms with E-state index in [-0.39, 0.29) is 82.2 Å². The van der Waals surface area contributed by atoms with Gasteiger partial charge in [0, 0.05) is 0 Å². The van der Waals surface area contributed by atoms with Crippen molar-refractivity contribution in [3.05, 3.63) is 6.92 Å². The maximum atomic E-state index is 8.74. The Morgan fingerprint density at radius 2 is 1.05 bits per heavy atom. The van der Waals surface area contributed by atoms with E-state index < -0.39 is 10.4 Å². The predicted molar refractivity (Wildman–Crippen MR) is 94.2 cm³/mol. The molecule has 1 radical (unpaired) electrons. The van der Waals surface area contributed by atoms with Crippen molar-refractivity contribution < 1.29 is 17.5 Å². The maximum absolute atomic E-state index is 8.74. The van der Waals surface area contributed by atoms with Crippen LogP contribution in [0.25, 0.3) is 0 Å². The second-order valence-corrected chi connectivity index (χ2v) is 5.03. The molecule has 0 rings (SSSR count). The minimum absolute atomic E-state index is 0. The molecule has 8 heteroatoms. The van der Waals surface area contributed by atoms with Gasteiger partial charge in [-0.15, -0.1) is 0 Å². The molecule has 0 aromatic carbocycles. The first-order valence-corrected chi connectivity index (χ1v) is 7.80. The Labute approximate surface area is 185 Å². The monoisotopic (exact) mass is 341 g/mol. The van der Waals surface area contributed by atoms with Gasteiger partial charge >= 0.3 is 92.6 Å². The van der Waals surface area contributed by atoms with Crippen molar-refractivity contribution in [2.75, 3.05) is 0 Å². The van der Waals surface area contributed by atoms with Crippen LogP contribution in [0.15, 0.2) is 0 Å². The number of rotatable bonds is 9. The molecule has 0 aromatic heterocycles. The van der Waals surface area contributed by atoms with E-state index in [9.17, 15) is 0 Å². The van der Waals surface area contributed by atoms with Crippen molar-refractivity contribution in [1.82, 2.24) is 0 Å². The molecule has 113 valence electrons. The second kappa shape index (κ2) is 26.5. The van der Waals surface area contributed by atoms with Gasteiger partial charge < -0.3 is 0 Å². The summed E-state index contributed by atoms with van der Waals surface area (Å²) in [6, 6.07) is 0. The summed E-state index contributed by atoms with van der Waals surface area (Å²) in [5, 5.41) is 0. The molecule has 0 saturated heterocycles. The molecule has 0 amide bonds. The Hall–Kier alpha value is 2.64. The third-order valence-corrected chi connectivity index (χ3v) is 2.35. The topological polar surface area (TPSA) is 74.6 Å². The molecule has 0 fully saturated rings. The Morgan fingerprint density at radius 1 is 0.800 bits per heavy atom. The molecule has 0 unspecified atom stereocenters. The first kappa shape index (κ1) is 34.1. The first-order valence-electron chi connectivity index (χ1n) is 6.41. The van der Waals surface area contributed by atoms with E-state index in [4.69, 9.17) is 17.5 Å². The summed E-state index contributed by atoms with van der Waals surface area (Å²) in [4.78, 5) is 0. The van der Waals surface area contributed by atoms with E-state index in [0.29, 0.717) is 0 Å². The van der Waals surface area contributed by atoms with E-state index in [2.05, 4.69) is 13.8 Å².